The highest BCUT2D eigenvalue weighted by atomic mass is 16.5. The Bertz CT molecular complexity index is 1780. The lowest BCUT2D eigenvalue weighted by Gasteiger charge is -2.15. The minimum absolute atomic E-state index is 0.0204. The van der Waals surface area contributed by atoms with Crippen molar-refractivity contribution in [3.05, 3.63) is 74.9 Å². The van der Waals surface area contributed by atoms with Crippen LogP contribution >= 0.6 is 0 Å². The number of aryl methyl sites for hydroxylation is 2. The average molecular weight is 504 g/mol. The van der Waals surface area contributed by atoms with Gasteiger partial charge in [0.05, 0.1) is 12.1 Å². The summed E-state index contributed by atoms with van der Waals surface area (Å²) in [5.41, 5.74) is 0.813. The number of nitrogens with zero attached hydrogens (tertiary/aromatic N) is 6. The first-order chi connectivity index (χ1) is 17.8. The van der Waals surface area contributed by atoms with E-state index in [1.54, 1.807) is 24.3 Å². The molecule has 3 heterocycles. The molecule has 1 atom stereocenters. The van der Waals surface area contributed by atoms with Crippen molar-refractivity contribution in [2.24, 2.45) is 24.3 Å². The Morgan fingerprint density at radius 1 is 1.05 bits per heavy atom. The number of nitrogens with one attached hydrogen (secondary N) is 1. The Morgan fingerprint density at radius 2 is 1.78 bits per heavy atom. The van der Waals surface area contributed by atoms with E-state index in [1.807, 2.05) is 31.2 Å². The molecule has 37 heavy (non-hydrogen) atoms. The number of aromatic amines is 1. The van der Waals surface area contributed by atoms with Crippen LogP contribution in [0.4, 0.5) is 11.6 Å². The molecule has 0 saturated heterocycles. The summed E-state index contributed by atoms with van der Waals surface area (Å²) in [6.07, 6.45) is -1.05. The predicted molar refractivity (Wildman–Crippen MR) is 137 cm³/mol. The molecular weight excluding hydrogens is 478 g/mol. The van der Waals surface area contributed by atoms with E-state index in [2.05, 4.69) is 20.2 Å². The molecule has 2 aromatic carbocycles. The number of aliphatic hydroxyl groups excluding tert-OH is 1. The van der Waals surface area contributed by atoms with Gasteiger partial charge in [-0.25, -0.2) is 4.79 Å². The summed E-state index contributed by atoms with van der Waals surface area (Å²) in [6, 6.07) is 14.6. The monoisotopic (exact) mass is 503 g/mol. The molecule has 0 saturated carbocycles. The predicted octanol–water partition coefficient (Wildman–Crippen LogP) is 2.78. The molecule has 0 amide bonds. The number of hydrogen-bond donors (Lipinski definition) is 3. The van der Waals surface area contributed by atoms with Gasteiger partial charge in [0, 0.05) is 19.5 Å². The minimum Gasteiger partial charge on any atom is -0.493 e. The van der Waals surface area contributed by atoms with E-state index < -0.39 is 17.4 Å². The summed E-state index contributed by atoms with van der Waals surface area (Å²) in [5.74, 6) is 0.431. The molecule has 5 rings (SSSR count). The van der Waals surface area contributed by atoms with Crippen molar-refractivity contribution in [1.82, 2.24) is 23.7 Å². The zero-order chi connectivity index (χ0) is 26.3. The summed E-state index contributed by atoms with van der Waals surface area (Å²) in [7, 11) is 2.86. The Kier molecular flexibility index (Phi) is 6.09. The maximum Gasteiger partial charge on any atom is 0.332 e. The van der Waals surface area contributed by atoms with E-state index >= 15 is 0 Å². The molecule has 12 heteroatoms. The van der Waals surface area contributed by atoms with Crippen molar-refractivity contribution in [2.45, 2.75) is 19.6 Å². The fourth-order valence-corrected chi connectivity index (χ4v) is 4.16. The molecule has 190 valence electrons. The molecule has 12 nitrogen and oxygen atoms in total. The number of aromatic nitrogens is 5. The first-order valence-electron chi connectivity index (χ1n) is 11.5. The lowest BCUT2D eigenvalue weighted by atomic mass is 10.2. The minimum atomic E-state index is -1.05. The van der Waals surface area contributed by atoms with E-state index in [-0.39, 0.29) is 41.8 Å². The van der Waals surface area contributed by atoms with Gasteiger partial charge in [-0.2, -0.15) is 4.98 Å². The second kappa shape index (κ2) is 9.39. The first-order valence-corrected chi connectivity index (χ1v) is 11.5. The molecule has 0 aliphatic rings. The molecule has 3 aromatic heterocycles. The summed E-state index contributed by atoms with van der Waals surface area (Å²) < 4.78 is 9.36. The third kappa shape index (κ3) is 4.27. The summed E-state index contributed by atoms with van der Waals surface area (Å²) in [6.45, 7) is 1.73. The number of aromatic hydroxyl groups is 1. The quantitative estimate of drug-likeness (QED) is 0.291. The molecule has 5 aromatic rings. The molecule has 0 bridgehead atoms. The van der Waals surface area contributed by atoms with Crippen LogP contribution in [0.2, 0.25) is 0 Å². The van der Waals surface area contributed by atoms with Crippen LogP contribution in [0.5, 0.6) is 11.6 Å². The number of para-hydroxylation sites is 2. The van der Waals surface area contributed by atoms with E-state index in [4.69, 9.17) is 4.74 Å². The molecule has 3 N–H and O–H groups in total. The van der Waals surface area contributed by atoms with Gasteiger partial charge >= 0.3 is 5.69 Å². The average Bonchev–Trinajstić information content (AvgIpc) is 3.41. The van der Waals surface area contributed by atoms with Crippen molar-refractivity contribution in [1.29, 1.82) is 0 Å². The number of benzene rings is 2. The van der Waals surface area contributed by atoms with Gasteiger partial charge in [-0.05, 0) is 24.6 Å². The standard InChI is InChI=1S/C25H25N7O5/c1-14-8-4-7-11-18(14)37-13-15(33)12-32-20-21(30(2)25(36)31(3)23(20)35)27-24(32)29-28-19-16-9-5-6-10-17(16)26-22(19)34/h4-11,15,26,33-34H,12-13H2,1-3H3. The van der Waals surface area contributed by atoms with Gasteiger partial charge in [-0.1, -0.05) is 36.4 Å². The second-order valence-electron chi connectivity index (χ2n) is 8.70. The van der Waals surface area contributed by atoms with E-state index in [0.29, 0.717) is 16.7 Å². The fraction of sp³-hybridized carbons (Fsp3) is 0.240. The number of fused-ring (bicyclic) bond motifs is 2. The van der Waals surface area contributed by atoms with Crippen molar-refractivity contribution in [3.8, 4) is 11.6 Å². The van der Waals surface area contributed by atoms with Crippen LogP contribution in [0.3, 0.4) is 0 Å². The zero-order valence-corrected chi connectivity index (χ0v) is 20.4. The van der Waals surface area contributed by atoms with Gasteiger partial charge in [0.1, 0.15) is 18.5 Å². The molecule has 0 aliphatic carbocycles. The van der Waals surface area contributed by atoms with Gasteiger partial charge in [0.15, 0.2) is 16.9 Å². The highest BCUT2D eigenvalue weighted by Crippen LogP contribution is 2.36. The van der Waals surface area contributed by atoms with Gasteiger partial charge in [-0.15, -0.1) is 10.2 Å². The van der Waals surface area contributed by atoms with Crippen LogP contribution in [0, 0.1) is 6.92 Å². The smallest absolute Gasteiger partial charge is 0.332 e. The zero-order valence-electron chi connectivity index (χ0n) is 20.4. The molecular formula is C25H25N7O5. The lowest BCUT2D eigenvalue weighted by Crippen LogP contribution is -2.38. The van der Waals surface area contributed by atoms with E-state index in [0.717, 1.165) is 10.1 Å². The largest absolute Gasteiger partial charge is 0.493 e. The lowest BCUT2D eigenvalue weighted by molar-refractivity contribution is 0.0934. The third-order valence-electron chi connectivity index (χ3n) is 6.14. The van der Waals surface area contributed by atoms with Gasteiger partial charge in [0.25, 0.3) is 11.5 Å². The maximum atomic E-state index is 13.1. The number of aliphatic hydroxyl groups is 1. The van der Waals surface area contributed by atoms with Crippen molar-refractivity contribution in [3.63, 3.8) is 0 Å². The van der Waals surface area contributed by atoms with Crippen LogP contribution in [-0.2, 0) is 20.6 Å². The molecule has 0 aliphatic heterocycles. The van der Waals surface area contributed by atoms with Crippen LogP contribution < -0.4 is 16.0 Å². The van der Waals surface area contributed by atoms with Gasteiger partial charge in [-0.3, -0.25) is 18.5 Å². The third-order valence-corrected chi connectivity index (χ3v) is 6.14. The second-order valence-corrected chi connectivity index (χ2v) is 8.70. The highest BCUT2D eigenvalue weighted by molar-refractivity contribution is 5.94. The van der Waals surface area contributed by atoms with Crippen LogP contribution in [0.25, 0.3) is 22.1 Å². The number of ether oxygens (including phenoxy) is 1. The normalized spacial score (nSPS) is 12.6. The van der Waals surface area contributed by atoms with Crippen molar-refractivity contribution >= 4 is 33.7 Å². The topological polar surface area (TPSA) is 152 Å². The van der Waals surface area contributed by atoms with Crippen molar-refractivity contribution < 1.29 is 14.9 Å². The molecule has 1 unspecified atom stereocenters. The molecule has 0 spiro atoms. The highest BCUT2D eigenvalue weighted by Gasteiger charge is 2.22. The SMILES string of the molecule is Cc1ccccc1OCC(O)Cn1c(N=Nc2c(O)[nH]c3ccccc23)nc2c1c(=O)n(C)c(=O)n2C. The Morgan fingerprint density at radius 3 is 2.57 bits per heavy atom. The van der Waals surface area contributed by atoms with Gasteiger partial charge in [0.2, 0.25) is 5.88 Å². The Labute approximate surface area is 209 Å². The van der Waals surface area contributed by atoms with Crippen LogP contribution in [0.15, 0.2) is 68.3 Å². The maximum absolute atomic E-state index is 13.1. The Balaban J connectivity index is 1.57. The summed E-state index contributed by atoms with van der Waals surface area (Å²) in [5, 5.41) is 30.2. The first kappa shape index (κ1) is 24.0. The van der Waals surface area contributed by atoms with Crippen LogP contribution in [0.1, 0.15) is 5.56 Å². The fourth-order valence-electron chi connectivity index (χ4n) is 4.16. The number of azo groups is 1. The summed E-state index contributed by atoms with van der Waals surface area (Å²) >= 11 is 0. The number of hydrogen-bond acceptors (Lipinski definition) is 8. The van der Waals surface area contributed by atoms with Gasteiger partial charge < -0.3 is 19.9 Å². The number of rotatable bonds is 7. The molecule has 0 fully saturated rings. The molecule has 0 radical (unpaired) electrons. The Hall–Kier alpha value is -4.71. The number of imidazole rings is 1. The van der Waals surface area contributed by atoms with E-state index in [9.17, 15) is 19.8 Å². The van der Waals surface area contributed by atoms with Crippen LogP contribution in [-0.4, -0.2) is 46.6 Å². The van der Waals surface area contributed by atoms with Crippen molar-refractivity contribution in [2.75, 3.05) is 6.61 Å². The summed E-state index contributed by atoms with van der Waals surface area (Å²) in [4.78, 5) is 32.8. The number of H-pyrrole nitrogens is 1. The van der Waals surface area contributed by atoms with E-state index in [1.165, 1.54) is 23.2 Å².